The van der Waals surface area contributed by atoms with Crippen molar-refractivity contribution >= 4 is 23.4 Å². The first-order valence-electron chi connectivity index (χ1n) is 3.74. The Labute approximate surface area is 81.2 Å². The van der Waals surface area contributed by atoms with Gasteiger partial charge in [-0.2, -0.15) is 0 Å². The molecule has 3 heteroatoms. The van der Waals surface area contributed by atoms with E-state index in [0.717, 1.165) is 16.9 Å². The number of carbonyl (C=O) groups excluding carboxylic acids is 1. The Morgan fingerprint density at radius 2 is 2.38 bits per heavy atom. The van der Waals surface area contributed by atoms with Crippen LogP contribution in [0.25, 0.3) is 5.76 Å². The number of methoxy groups -OCH3 is 1. The lowest BCUT2D eigenvalue weighted by Crippen LogP contribution is -1.81. The van der Waals surface area contributed by atoms with E-state index in [1.165, 1.54) is 11.3 Å². The summed E-state index contributed by atoms with van der Waals surface area (Å²) in [7, 11) is 1.59. The van der Waals surface area contributed by atoms with Crippen molar-refractivity contribution in [2.75, 3.05) is 7.11 Å². The zero-order valence-corrected chi connectivity index (χ0v) is 8.14. The summed E-state index contributed by atoms with van der Waals surface area (Å²) in [6.07, 6.45) is 4.24. The molecule has 0 spiro atoms. The molecule has 2 nitrogen and oxygen atoms in total. The molecule has 1 aromatic rings. The van der Waals surface area contributed by atoms with Crippen LogP contribution in [0.5, 0.6) is 0 Å². The van der Waals surface area contributed by atoms with Crippen LogP contribution in [0, 0.1) is 0 Å². The highest BCUT2D eigenvalue weighted by Gasteiger charge is 2.03. The number of carbonyl (C=O) groups is 1. The molecule has 0 bridgehead atoms. The third-order valence-corrected chi connectivity index (χ3v) is 2.50. The topological polar surface area (TPSA) is 26.3 Å². The van der Waals surface area contributed by atoms with E-state index < -0.39 is 0 Å². The van der Waals surface area contributed by atoms with Crippen LogP contribution in [0.3, 0.4) is 0 Å². The van der Waals surface area contributed by atoms with Gasteiger partial charge < -0.3 is 4.74 Å². The maximum atomic E-state index is 10.4. The summed E-state index contributed by atoms with van der Waals surface area (Å²) < 4.78 is 5.12. The third-order valence-electron chi connectivity index (χ3n) is 1.47. The van der Waals surface area contributed by atoms with Crippen LogP contribution in [0.15, 0.2) is 30.9 Å². The number of hydrogen-bond acceptors (Lipinski definition) is 3. The van der Waals surface area contributed by atoms with Crippen LogP contribution in [-0.2, 0) is 4.74 Å². The normalized spacial score (nSPS) is 11.0. The molecule has 68 valence electrons. The maximum Gasteiger partial charge on any atom is 0.160 e. The summed E-state index contributed by atoms with van der Waals surface area (Å²) >= 11 is 1.40. The number of rotatable bonds is 4. The van der Waals surface area contributed by atoms with Gasteiger partial charge in [0.05, 0.1) is 16.9 Å². The summed E-state index contributed by atoms with van der Waals surface area (Å²) in [6.45, 7) is 3.58. The van der Waals surface area contributed by atoms with Gasteiger partial charge in [0.1, 0.15) is 5.76 Å². The van der Waals surface area contributed by atoms with Gasteiger partial charge in [0.15, 0.2) is 6.29 Å². The monoisotopic (exact) mass is 194 g/mol. The van der Waals surface area contributed by atoms with Gasteiger partial charge in [-0.25, -0.2) is 0 Å². The quantitative estimate of drug-likeness (QED) is 0.418. The lowest BCUT2D eigenvalue weighted by Gasteiger charge is -2.00. The highest BCUT2D eigenvalue weighted by Crippen LogP contribution is 2.23. The number of hydrogen-bond donors (Lipinski definition) is 0. The lowest BCUT2D eigenvalue weighted by atomic mass is 10.3. The molecule has 0 aliphatic heterocycles. The van der Waals surface area contributed by atoms with Crippen molar-refractivity contribution in [1.29, 1.82) is 0 Å². The van der Waals surface area contributed by atoms with E-state index in [-0.39, 0.29) is 0 Å². The van der Waals surface area contributed by atoms with Crippen LogP contribution in [-0.4, -0.2) is 13.4 Å². The van der Waals surface area contributed by atoms with Gasteiger partial charge in [-0.1, -0.05) is 12.7 Å². The number of ether oxygens (including phenoxy) is 1. The molecular weight excluding hydrogens is 184 g/mol. The third kappa shape index (κ3) is 2.29. The van der Waals surface area contributed by atoms with Crippen molar-refractivity contribution < 1.29 is 9.53 Å². The molecule has 1 rings (SSSR count). The van der Waals surface area contributed by atoms with Crippen molar-refractivity contribution in [3.63, 3.8) is 0 Å². The molecule has 0 fully saturated rings. The fourth-order valence-corrected chi connectivity index (χ4v) is 1.73. The molecule has 0 aliphatic rings. The van der Waals surface area contributed by atoms with Gasteiger partial charge in [-0.05, 0) is 18.2 Å². The summed E-state index contributed by atoms with van der Waals surface area (Å²) in [5.41, 5.74) is 0. The number of thiophene rings is 1. The van der Waals surface area contributed by atoms with E-state index in [2.05, 4.69) is 6.58 Å². The summed E-state index contributed by atoms with van der Waals surface area (Å²) in [5, 5.41) is 0. The van der Waals surface area contributed by atoms with Gasteiger partial charge in [0, 0.05) is 0 Å². The molecule has 0 aromatic carbocycles. The van der Waals surface area contributed by atoms with Crippen LogP contribution in [0.4, 0.5) is 0 Å². The van der Waals surface area contributed by atoms with E-state index in [1.54, 1.807) is 25.3 Å². The largest absolute Gasteiger partial charge is 0.495 e. The number of aldehydes is 1. The minimum Gasteiger partial charge on any atom is -0.495 e. The van der Waals surface area contributed by atoms with Crippen LogP contribution < -0.4 is 0 Å². The van der Waals surface area contributed by atoms with Crippen molar-refractivity contribution in [2.45, 2.75) is 0 Å². The Balaban J connectivity index is 2.98. The van der Waals surface area contributed by atoms with Gasteiger partial charge >= 0.3 is 0 Å². The van der Waals surface area contributed by atoms with Gasteiger partial charge in [-0.15, -0.1) is 11.3 Å². The smallest absolute Gasteiger partial charge is 0.160 e. The van der Waals surface area contributed by atoms with Crippen molar-refractivity contribution in [3.8, 4) is 0 Å². The van der Waals surface area contributed by atoms with Crippen molar-refractivity contribution in [2.24, 2.45) is 0 Å². The molecule has 0 radical (unpaired) electrons. The molecule has 0 amide bonds. The molecule has 1 aromatic heterocycles. The Morgan fingerprint density at radius 1 is 1.62 bits per heavy atom. The van der Waals surface area contributed by atoms with Crippen molar-refractivity contribution in [3.05, 3.63) is 40.6 Å². The first-order valence-corrected chi connectivity index (χ1v) is 4.55. The zero-order valence-electron chi connectivity index (χ0n) is 7.32. The molecule has 0 N–H and O–H groups in total. The molecule has 0 saturated carbocycles. The fraction of sp³-hybridized carbons (Fsp3) is 0.100. The fourth-order valence-electron chi connectivity index (χ4n) is 0.906. The highest BCUT2D eigenvalue weighted by atomic mass is 32.1. The second-order valence-corrected chi connectivity index (χ2v) is 3.41. The average molecular weight is 194 g/mol. The lowest BCUT2D eigenvalue weighted by molar-refractivity contribution is 0.112. The first-order chi connectivity index (χ1) is 6.31. The molecule has 0 saturated heterocycles. The van der Waals surface area contributed by atoms with Gasteiger partial charge in [0.25, 0.3) is 0 Å². The second-order valence-electron chi connectivity index (χ2n) is 2.29. The Hall–Kier alpha value is -1.35. The highest BCUT2D eigenvalue weighted by molar-refractivity contribution is 7.14. The minimum atomic E-state index is 0.696. The predicted molar refractivity (Wildman–Crippen MR) is 54.9 cm³/mol. The summed E-state index contributed by atoms with van der Waals surface area (Å²) in [4.78, 5) is 12.0. The van der Waals surface area contributed by atoms with Gasteiger partial charge in [0.2, 0.25) is 0 Å². The Bertz CT molecular complexity index is 336. The van der Waals surface area contributed by atoms with E-state index in [0.29, 0.717) is 4.88 Å². The minimum absolute atomic E-state index is 0.696. The van der Waals surface area contributed by atoms with Crippen LogP contribution >= 0.6 is 11.3 Å². The Kier molecular flexibility index (Phi) is 3.46. The Morgan fingerprint density at radius 3 is 2.85 bits per heavy atom. The standard InChI is InChI=1S/C10H10O2S/c1-3-4-9(12-2)10-6-5-8(7-11)13-10/h3-7H,1H2,2H3/b9-4-. The van der Waals surface area contributed by atoms with E-state index in [9.17, 15) is 4.79 Å². The summed E-state index contributed by atoms with van der Waals surface area (Å²) in [5.74, 6) is 0.730. The van der Waals surface area contributed by atoms with Crippen LogP contribution in [0.2, 0.25) is 0 Å². The molecule has 0 unspecified atom stereocenters. The second kappa shape index (κ2) is 4.62. The zero-order chi connectivity index (χ0) is 9.68. The SMILES string of the molecule is C=C/C=C(\OC)c1ccc(C=O)s1. The van der Waals surface area contributed by atoms with E-state index in [4.69, 9.17) is 4.74 Å². The molecule has 13 heavy (non-hydrogen) atoms. The van der Waals surface area contributed by atoms with E-state index in [1.807, 2.05) is 6.07 Å². The first kappa shape index (κ1) is 9.74. The molecule has 0 atom stereocenters. The molecule has 0 aliphatic carbocycles. The predicted octanol–water partition coefficient (Wildman–Crippen LogP) is 2.73. The molecular formula is C10H10O2S. The average Bonchev–Trinajstić information content (AvgIpc) is 2.62. The van der Waals surface area contributed by atoms with Gasteiger partial charge in [-0.3, -0.25) is 4.79 Å². The van der Waals surface area contributed by atoms with Crippen LogP contribution in [0.1, 0.15) is 14.5 Å². The van der Waals surface area contributed by atoms with Crippen molar-refractivity contribution in [1.82, 2.24) is 0 Å². The summed E-state index contributed by atoms with van der Waals surface area (Å²) in [6, 6.07) is 3.62. The number of allylic oxidation sites excluding steroid dienone is 2. The van der Waals surface area contributed by atoms with E-state index >= 15 is 0 Å². The maximum absolute atomic E-state index is 10.4. The molecule has 1 heterocycles.